The Hall–Kier alpha value is -1.23. The van der Waals surface area contributed by atoms with E-state index in [2.05, 4.69) is 10.6 Å². The van der Waals surface area contributed by atoms with E-state index in [0.29, 0.717) is 17.3 Å². The molecule has 3 nitrogen and oxygen atoms in total. The molecule has 2 rings (SSSR count). The molecule has 0 unspecified atom stereocenters. The molecule has 0 spiro atoms. The van der Waals surface area contributed by atoms with E-state index in [4.69, 9.17) is 23.2 Å². The molecule has 1 heterocycles. The summed E-state index contributed by atoms with van der Waals surface area (Å²) in [6.07, 6.45) is 0. The Labute approximate surface area is 144 Å². The maximum Gasteiger partial charge on any atom is 0.229 e. The Morgan fingerprint density at radius 3 is 2.45 bits per heavy atom. The molecule has 0 saturated carbocycles. The van der Waals surface area contributed by atoms with E-state index in [1.54, 1.807) is 12.1 Å². The van der Waals surface area contributed by atoms with Crippen LogP contribution in [0.3, 0.4) is 0 Å². The van der Waals surface area contributed by atoms with Crippen molar-refractivity contribution in [3.05, 3.63) is 44.6 Å². The van der Waals surface area contributed by atoms with Gasteiger partial charge >= 0.3 is 0 Å². The molecule has 0 aliphatic heterocycles. The number of anilines is 2. The lowest BCUT2D eigenvalue weighted by atomic mass is 9.95. The van der Waals surface area contributed by atoms with Crippen LogP contribution in [-0.4, -0.2) is 5.91 Å². The van der Waals surface area contributed by atoms with E-state index in [9.17, 15) is 4.79 Å². The van der Waals surface area contributed by atoms with Gasteiger partial charge in [0.25, 0.3) is 0 Å². The second kappa shape index (κ2) is 6.90. The summed E-state index contributed by atoms with van der Waals surface area (Å²) in [5.74, 6) is -0.0664. The number of amides is 1. The Bertz CT molecular complexity index is 677. The van der Waals surface area contributed by atoms with E-state index in [1.807, 2.05) is 39.0 Å². The third-order valence-electron chi connectivity index (χ3n) is 2.99. The topological polar surface area (TPSA) is 41.1 Å². The van der Waals surface area contributed by atoms with Crippen molar-refractivity contribution in [1.29, 1.82) is 0 Å². The lowest BCUT2D eigenvalue weighted by Crippen LogP contribution is -2.27. The fraction of sp³-hybridized carbons (Fsp3) is 0.312. The van der Waals surface area contributed by atoms with Crippen LogP contribution in [0.2, 0.25) is 9.36 Å². The normalized spacial score (nSPS) is 11.3. The summed E-state index contributed by atoms with van der Waals surface area (Å²) in [6.45, 7) is 6.26. The van der Waals surface area contributed by atoms with Gasteiger partial charge in [0.05, 0.1) is 15.0 Å². The zero-order valence-corrected chi connectivity index (χ0v) is 15.0. The van der Waals surface area contributed by atoms with Crippen LogP contribution in [0, 0.1) is 5.41 Å². The summed E-state index contributed by atoms with van der Waals surface area (Å²) in [5.41, 5.74) is 1.05. The van der Waals surface area contributed by atoms with Crippen molar-refractivity contribution in [2.45, 2.75) is 27.3 Å². The van der Waals surface area contributed by atoms with Crippen molar-refractivity contribution in [2.24, 2.45) is 5.41 Å². The number of halogens is 2. The minimum absolute atomic E-state index is 0.0664. The molecule has 0 saturated heterocycles. The summed E-state index contributed by atoms with van der Waals surface area (Å²) in [7, 11) is 0. The van der Waals surface area contributed by atoms with Gasteiger partial charge < -0.3 is 10.6 Å². The summed E-state index contributed by atoms with van der Waals surface area (Å²) < 4.78 is 0.773. The van der Waals surface area contributed by atoms with Gasteiger partial charge in [0.1, 0.15) is 0 Å². The Kier molecular flexibility index (Phi) is 5.37. The maximum atomic E-state index is 12.0. The molecular weight excluding hydrogens is 339 g/mol. The van der Waals surface area contributed by atoms with Crippen LogP contribution >= 0.6 is 34.5 Å². The smallest absolute Gasteiger partial charge is 0.229 e. The minimum atomic E-state index is -0.460. The first-order valence-corrected chi connectivity index (χ1v) is 8.42. The first kappa shape index (κ1) is 17.1. The molecule has 118 valence electrons. The first-order valence-electron chi connectivity index (χ1n) is 6.85. The molecule has 0 aliphatic carbocycles. The van der Waals surface area contributed by atoms with E-state index in [1.165, 1.54) is 11.3 Å². The molecule has 2 N–H and O–H groups in total. The van der Waals surface area contributed by atoms with Crippen molar-refractivity contribution in [3.63, 3.8) is 0 Å². The first-order chi connectivity index (χ1) is 10.3. The van der Waals surface area contributed by atoms with Crippen LogP contribution in [0.4, 0.5) is 11.4 Å². The highest BCUT2D eigenvalue weighted by molar-refractivity contribution is 7.16. The van der Waals surface area contributed by atoms with Gasteiger partial charge in [0.15, 0.2) is 0 Å². The predicted molar refractivity (Wildman–Crippen MR) is 96.2 cm³/mol. The summed E-state index contributed by atoms with van der Waals surface area (Å²) in [4.78, 5) is 13.1. The van der Waals surface area contributed by atoms with Crippen molar-refractivity contribution >= 4 is 51.8 Å². The van der Waals surface area contributed by atoms with Crippen molar-refractivity contribution in [3.8, 4) is 0 Å². The van der Waals surface area contributed by atoms with Crippen LogP contribution in [0.15, 0.2) is 30.3 Å². The lowest BCUT2D eigenvalue weighted by Gasteiger charge is -2.18. The number of hydrogen-bond donors (Lipinski definition) is 2. The third-order valence-corrected chi connectivity index (χ3v) is 4.54. The average Bonchev–Trinajstić information content (AvgIpc) is 2.84. The number of hydrogen-bond acceptors (Lipinski definition) is 3. The molecule has 0 radical (unpaired) electrons. The molecule has 0 atom stereocenters. The molecule has 0 bridgehead atoms. The van der Waals surface area contributed by atoms with E-state index < -0.39 is 5.41 Å². The van der Waals surface area contributed by atoms with Crippen LogP contribution in [0.1, 0.15) is 25.6 Å². The van der Waals surface area contributed by atoms with Gasteiger partial charge in [-0.25, -0.2) is 0 Å². The van der Waals surface area contributed by atoms with Gasteiger partial charge in [-0.3, -0.25) is 4.79 Å². The summed E-state index contributed by atoms with van der Waals surface area (Å²) in [5, 5.41) is 6.63. The number of nitrogens with one attached hydrogen (secondary N) is 2. The summed E-state index contributed by atoms with van der Waals surface area (Å²) in [6, 6.07) is 9.35. The van der Waals surface area contributed by atoms with Gasteiger partial charge in [-0.05, 0) is 30.3 Å². The largest absolute Gasteiger partial charge is 0.380 e. The summed E-state index contributed by atoms with van der Waals surface area (Å²) >= 11 is 13.7. The molecule has 6 heteroatoms. The van der Waals surface area contributed by atoms with Crippen molar-refractivity contribution in [1.82, 2.24) is 0 Å². The van der Waals surface area contributed by atoms with Crippen LogP contribution in [-0.2, 0) is 11.3 Å². The average molecular weight is 357 g/mol. The third kappa shape index (κ3) is 4.63. The quantitative estimate of drug-likeness (QED) is 0.742. The standard InChI is InChI=1S/C16H18Cl2N2OS/c1-16(2,3)15(21)20-13-6-4-10(8-12(13)17)19-9-11-5-7-14(18)22-11/h4-8,19H,9H2,1-3H3,(H,20,21). The number of rotatable bonds is 4. The highest BCUT2D eigenvalue weighted by Gasteiger charge is 2.21. The second-order valence-electron chi connectivity index (χ2n) is 5.96. The van der Waals surface area contributed by atoms with Gasteiger partial charge in [-0.1, -0.05) is 44.0 Å². The van der Waals surface area contributed by atoms with Gasteiger partial charge in [-0.2, -0.15) is 0 Å². The highest BCUT2D eigenvalue weighted by atomic mass is 35.5. The van der Waals surface area contributed by atoms with Gasteiger partial charge in [0, 0.05) is 22.5 Å². The molecule has 22 heavy (non-hydrogen) atoms. The number of carbonyl (C=O) groups excluding carboxylic acids is 1. The molecule has 1 aromatic heterocycles. The SMILES string of the molecule is CC(C)(C)C(=O)Nc1ccc(NCc2ccc(Cl)s2)cc1Cl. The molecule has 0 aliphatic rings. The predicted octanol–water partition coefficient (Wildman–Crippen LogP) is 5.65. The van der Waals surface area contributed by atoms with Crippen LogP contribution in [0.25, 0.3) is 0 Å². The van der Waals surface area contributed by atoms with Crippen molar-refractivity contribution < 1.29 is 4.79 Å². The van der Waals surface area contributed by atoms with E-state index >= 15 is 0 Å². The molecule has 1 amide bonds. The molecule has 0 fully saturated rings. The van der Waals surface area contributed by atoms with Crippen LogP contribution < -0.4 is 10.6 Å². The number of benzene rings is 1. The zero-order chi connectivity index (χ0) is 16.3. The fourth-order valence-corrected chi connectivity index (χ4v) is 2.93. The van der Waals surface area contributed by atoms with Gasteiger partial charge in [0.2, 0.25) is 5.91 Å². The Morgan fingerprint density at radius 1 is 1.18 bits per heavy atom. The van der Waals surface area contributed by atoms with Gasteiger partial charge in [-0.15, -0.1) is 11.3 Å². The maximum absolute atomic E-state index is 12.0. The molecular formula is C16H18Cl2N2OS. The van der Waals surface area contributed by atoms with E-state index in [-0.39, 0.29) is 5.91 Å². The molecule has 2 aromatic rings. The second-order valence-corrected chi connectivity index (χ2v) is 8.16. The monoisotopic (exact) mass is 356 g/mol. The Balaban J connectivity index is 2.01. The zero-order valence-electron chi connectivity index (χ0n) is 12.7. The van der Waals surface area contributed by atoms with Crippen molar-refractivity contribution in [2.75, 3.05) is 10.6 Å². The highest BCUT2D eigenvalue weighted by Crippen LogP contribution is 2.28. The van der Waals surface area contributed by atoms with Crippen LogP contribution in [0.5, 0.6) is 0 Å². The lowest BCUT2D eigenvalue weighted by molar-refractivity contribution is -0.123. The fourth-order valence-electron chi connectivity index (χ4n) is 1.67. The Morgan fingerprint density at radius 2 is 1.91 bits per heavy atom. The minimum Gasteiger partial charge on any atom is -0.380 e. The number of carbonyl (C=O) groups is 1. The number of thiophene rings is 1. The van der Waals surface area contributed by atoms with E-state index in [0.717, 1.165) is 14.9 Å². The molecule has 1 aromatic carbocycles.